The minimum atomic E-state index is -0.397. The van der Waals surface area contributed by atoms with Crippen molar-refractivity contribution in [1.82, 2.24) is 5.32 Å². The first kappa shape index (κ1) is 17.7. The molecule has 0 aromatic heterocycles. The molecule has 1 aromatic carbocycles. The lowest BCUT2D eigenvalue weighted by Gasteiger charge is -2.20. The summed E-state index contributed by atoms with van der Waals surface area (Å²) in [5.74, 6) is -0.238. The van der Waals surface area contributed by atoms with Gasteiger partial charge in [0.15, 0.2) is 0 Å². The zero-order chi connectivity index (χ0) is 17.6. The average Bonchev–Trinajstić information content (AvgIpc) is 2.93. The number of rotatable bonds is 6. The Morgan fingerprint density at radius 3 is 2.72 bits per heavy atom. The topological polar surface area (TPSA) is 57.1 Å². The highest BCUT2D eigenvalue weighted by molar-refractivity contribution is 6.24. The second-order valence-corrected chi connectivity index (χ2v) is 6.65. The van der Waals surface area contributed by atoms with Gasteiger partial charge in [-0.05, 0) is 62.5 Å². The van der Waals surface area contributed by atoms with Gasteiger partial charge in [0.05, 0.1) is 11.4 Å². The Balaban J connectivity index is 1.70. The number of nitrogens with one attached hydrogen (secondary N) is 1. The predicted molar refractivity (Wildman–Crippen MR) is 98.7 cm³/mol. The number of piperidine rings is 1. The molecule has 1 aromatic rings. The minimum Gasteiger partial charge on any atom is -0.317 e. The fourth-order valence-corrected chi connectivity index (χ4v) is 3.27. The number of nitrogens with zero attached hydrogens (tertiary/aromatic N) is 3. The molecular formula is C19H25FN4O. The van der Waals surface area contributed by atoms with Crippen molar-refractivity contribution in [3.05, 3.63) is 30.1 Å². The Labute approximate surface area is 148 Å². The van der Waals surface area contributed by atoms with E-state index in [0.29, 0.717) is 11.6 Å². The van der Waals surface area contributed by atoms with Gasteiger partial charge in [0.25, 0.3) is 5.91 Å². The third kappa shape index (κ3) is 4.31. The van der Waals surface area contributed by atoms with Gasteiger partial charge in [0.2, 0.25) is 0 Å². The van der Waals surface area contributed by atoms with Crippen molar-refractivity contribution in [2.24, 2.45) is 21.9 Å². The average molecular weight is 344 g/mol. The summed E-state index contributed by atoms with van der Waals surface area (Å²) in [4.78, 5) is 17.3. The summed E-state index contributed by atoms with van der Waals surface area (Å²) in [5, 5.41) is 9.21. The summed E-state index contributed by atoms with van der Waals surface area (Å²) in [7, 11) is 0. The Kier molecular flexibility index (Phi) is 5.91. The number of carbonyl (C=O) groups is 1. The van der Waals surface area contributed by atoms with Crippen molar-refractivity contribution >= 4 is 23.5 Å². The molecule has 1 amide bonds. The lowest BCUT2D eigenvalue weighted by Crippen LogP contribution is -2.30. The van der Waals surface area contributed by atoms with E-state index in [1.54, 1.807) is 18.3 Å². The van der Waals surface area contributed by atoms with E-state index in [0.717, 1.165) is 51.0 Å². The van der Waals surface area contributed by atoms with Gasteiger partial charge in [-0.2, -0.15) is 10.1 Å². The molecule has 2 aliphatic heterocycles. The number of halogens is 1. The molecule has 0 saturated carbocycles. The molecule has 6 heteroatoms. The van der Waals surface area contributed by atoms with Gasteiger partial charge in [-0.3, -0.25) is 9.79 Å². The summed E-state index contributed by atoms with van der Waals surface area (Å²) in [6.07, 6.45) is 5.71. The lowest BCUT2D eigenvalue weighted by molar-refractivity contribution is -0.118. The van der Waals surface area contributed by atoms with Gasteiger partial charge >= 0.3 is 0 Å². The van der Waals surface area contributed by atoms with Gasteiger partial charge < -0.3 is 5.32 Å². The largest absolute Gasteiger partial charge is 0.317 e. The first-order chi connectivity index (χ1) is 12.2. The molecule has 0 radical (unpaired) electrons. The summed E-state index contributed by atoms with van der Waals surface area (Å²) >= 11 is 0. The van der Waals surface area contributed by atoms with Crippen LogP contribution in [0, 0.1) is 17.7 Å². The zero-order valence-electron chi connectivity index (χ0n) is 14.6. The van der Waals surface area contributed by atoms with E-state index in [9.17, 15) is 9.18 Å². The molecule has 0 unspecified atom stereocenters. The van der Waals surface area contributed by atoms with Crippen LogP contribution in [-0.4, -0.2) is 37.5 Å². The Morgan fingerprint density at radius 1 is 1.32 bits per heavy atom. The maximum atomic E-state index is 13.1. The van der Waals surface area contributed by atoms with E-state index in [4.69, 9.17) is 0 Å². The number of aliphatic imine (C=N–C) groups is 1. The summed E-state index contributed by atoms with van der Waals surface area (Å²) in [5.41, 5.74) is 1.43. The fourth-order valence-electron chi connectivity index (χ4n) is 3.27. The highest BCUT2D eigenvalue weighted by Crippen LogP contribution is 2.25. The van der Waals surface area contributed by atoms with Crippen LogP contribution in [0.4, 0.5) is 10.1 Å². The summed E-state index contributed by atoms with van der Waals surface area (Å²) < 4.78 is 13.1. The molecule has 1 atom stereocenters. The van der Waals surface area contributed by atoms with Gasteiger partial charge in [-0.15, -0.1) is 0 Å². The first-order valence-electron chi connectivity index (χ1n) is 9.06. The van der Waals surface area contributed by atoms with Crippen LogP contribution in [0.1, 0.15) is 32.6 Å². The monoisotopic (exact) mass is 344 g/mol. The summed E-state index contributed by atoms with van der Waals surface area (Å²) in [6.45, 7) is 4.92. The van der Waals surface area contributed by atoms with Crippen LogP contribution in [0.5, 0.6) is 0 Å². The quantitative estimate of drug-likeness (QED) is 0.807. The number of hydrogen-bond acceptors (Lipinski definition) is 4. The van der Waals surface area contributed by atoms with Crippen molar-refractivity contribution in [1.29, 1.82) is 0 Å². The van der Waals surface area contributed by atoms with Crippen LogP contribution in [0.25, 0.3) is 0 Å². The van der Waals surface area contributed by atoms with E-state index in [1.165, 1.54) is 17.1 Å². The van der Waals surface area contributed by atoms with Crippen LogP contribution < -0.4 is 10.3 Å². The molecule has 1 fully saturated rings. The number of amides is 1. The third-order valence-electron chi connectivity index (χ3n) is 4.72. The van der Waals surface area contributed by atoms with Crippen molar-refractivity contribution in [3.63, 3.8) is 0 Å². The van der Waals surface area contributed by atoms with Gasteiger partial charge in [-0.1, -0.05) is 13.3 Å². The minimum absolute atomic E-state index is 0.107. The smallest absolute Gasteiger partial charge is 0.261 e. The molecule has 3 rings (SSSR count). The normalized spacial score (nSPS) is 22.0. The van der Waals surface area contributed by atoms with E-state index >= 15 is 0 Å². The molecular weight excluding hydrogens is 319 g/mol. The molecule has 1 saturated heterocycles. The molecule has 5 nitrogen and oxygen atoms in total. The highest BCUT2D eigenvalue weighted by atomic mass is 19.1. The number of carbonyl (C=O) groups excluding carboxylic acids is 1. The maximum Gasteiger partial charge on any atom is 0.261 e. The molecule has 0 aliphatic carbocycles. The van der Waals surface area contributed by atoms with Crippen molar-refractivity contribution < 1.29 is 9.18 Å². The molecule has 134 valence electrons. The highest BCUT2D eigenvalue weighted by Gasteiger charge is 2.34. The van der Waals surface area contributed by atoms with Crippen molar-refractivity contribution in [2.75, 3.05) is 24.6 Å². The van der Waals surface area contributed by atoms with Crippen LogP contribution in [0.3, 0.4) is 0 Å². The van der Waals surface area contributed by atoms with Crippen LogP contribution in [-0.2, 0) is 4.79 Å². The number of hydrogen-bond donors (Lipinski definition) is 1. The van der Waals surface area contributed by atoms with E-state index in [-0.39, 0.29) is 11.7 Å². The second kappa shape index (κ2) is 8.34. The van der Waals surface area contributed by atoms with Gasteiger partial charge in [0, 0.05) is 12.8 Å². The second-order valence-electron chi connectivity index (χ2n) is 6.65. The Morgan fingerprint density at radius 2 is 2.04 bits per heavy atom. The van der Waals surface area contributed by atoms with E-state index in [2.05, 4.69) is 22.3 Å². The predicted octanol–water partition coefficient (Wildman–Crippen LogP) is 3.02. The lowest BCUT2D eigenvalue weighted by atomic mass is 9.98. The van der Waals surface area contributed by atoms with Crippen LogP contribution >= 0.6 is 0 Å². The van der Waals surface area contributed by atoms with Crippen LogP contribution in [0.2, 0.25) is 0 Å². The third-order valence-corrected chi connectivity index (χ3v) is 4.72. The maximum absolute atomic E-state index is 13.1. The first-order valence-corrected chi connectivity index (χ1v) is 9.06. The molecule has 0 bridgehead atoms. The number of benzene rings is 1. The molecule has 25 heavy (non-hydrogen) atoms. The molecule has 2 aliphatic rings. The molecule has 0 spiro atoms. The molecule has 1 N–H and O–H groups in total. The zero-order valence-corrected chi connectivity index (χ0v) is 14.6. The number of anilines is 1. The SMILES string of the molecule is CCCC1=NN(c2ccc(F)cc2)C(=O)[C@H]1C=NCC1CCNCC1. The number of hydrazone groups is 1. The standard InChI is InChI=1S/C19H25FN4O/c1-2-3-18-17(13-22-12-14-8-10-21-11-9-14)19(25)24(23-18)16-6-4-15(20)5-7-16/h4-7,13-14,17,21H,2-3,8-12H2,1H3/t17-/m0/s1. The Bertz CT molecular complexity index is 650. The van der Waals surface area contributed by atoms with E-state index in [1.807, 2.05) is 0 Å². The van der Waals surface area contributed by atoms with Gasteiger partial charge in [-0.25, -0.2) is 4.39 Å². The molecule has 2 heterocycles. The van der Waals surface area contributed by atoms with Crippen molar-refractivity contribution in [3.8, 4) is 0 Å². The van der Waals surface area contributed by atoms with Crippen LogP contribution in [0.15, 0.2) is 34.4 Å². The summed E-state index contributed by atoms with van der Waals surface area (Å²) in [6, 6.07) is 5.84. The fraction of sp³-hybridized carbons (Fsp3) is 0.526. The Hall–Kier alpha value is -2.08. The van der Waals surface area contributed by atoms with E-state index < -0.39 is 5.92 Å². The van der Waals surface area contributed by atoms with Gasteiger partial charge in [0.1, 0.15) is 11.7 Å². The van der Waals surface area contributed by atoms with Crippen molar-refractivity contribution in [2.45, 2.75) is 32.6 Å².